The molecule has 0 atom stereocenters. The van der Waals surface area contributed by atoms with Crippen molar-refractivity contribution in [2.75, 3.05) is 11.4 Å². The highest BCUT2D eigenvalue weighted by Gasteiger charge is 2.23. The van der Waals surface area contributed by atoms with E-state index in [0.717, 1.165) is 13.1 Å². The molecule has 0 amide bonds. The van der Waals surface area contributed by atoms with Gasteiger partial charge in [-0.15, -0.1) is 0 Å². The number of hydrogen-bond acceptors (Lipinski definition) is 2. The third kappa shape index (κ3) is 3.80. The van der Waals surface area contributed by atoms with E-state index in [0.29, 0.717) is 0 Å². The van der Waals surface area contributed by atoms with Crippen molar-refractivity contribution in [3.8, 4) is 0 Å². The van der Waals surface area contributed by atoms with Gasteiger partial charge in [0.05, 0.1) is 10.7 Å². The lowest BCUT2D eigenvalue weighted by Gasteiger charge is -2.18. The molecule has 0 saturated carbocycles. The maximum absolute atomic E-state index is 2.40. The Balaban J connectivity index is 0.00000208. The highest BCUT2D eigenvalue weighted by molar-refractivity contribution is 8.03. The molecule has 0 N–H and O–H groups in total. The van der Waals surface area contributed by atoms with Crippen LogP contribution in [0.1, 0.15) is 37.2 Å². The molecule has 1 aliphatic rings. The average molecular weight is 452 g/mol. The number of thioether (sulfide) groups is 1. The molecule has 1 aromatic carbocycles. The zero-order valence-corrected chi connectivity index (χ0v) is 17.8. The van der Waals surface area contributed by atoms with E-state index in [-0.39, 0.29) is 24.0 Å². The summed E-state index contributed by atoms with van der Waals surface area (Å²) in [4.78, 5) is 3.75. The van der Waals surface area contributed by atoms with Crippen LogP contribution < -0.4 is 33.4 Å². The van der Waals surface area contributed by atoms with E-state index in [1.807, 2.05) is 11.8 Å². The lowest BCUT2D eigenvalue weighted by Crippen LogP contribution is -3.00. The first-order valence-electron chi connectivity index (χ1n) is 8.41. The minimum atomic E-state index is 0. The largest absolute Gasteiger partial charge is 1.00 e. The molecule has 0 spiro atoms. The predicted octanol–water partition coefficient (Wildman–Crippen LogP) is 1.94. The first-order chi connectivity index (χ1) is 11.1. The van der Waals surface area contributed by atoms with Gasteiger partial charge in [0, 0.05) is 43.8 Å². The van der Waals surface area contributed by atoms with E-state index in [9.17, 15) is 0 Å². The maximum atomic E-state index is 2.40. The maximum Gasteiger partial charge on any atom is 0.179 e. The molecule has 0 aliphatic carbocycles. The van der Waals surface area contributed by atoms with Gasteiger partial charge in [0.2, 0.25) is 0 Å². The van der Waals surface area contributed by atoms with Crippen LogP contribution in [0.15, 0.2) is 46.3 Å². The number of aryl methyl sites for hydroxylation is 2. The van der Waals surface area contributed by atoms with E-state index in [1.165, 1.54) is 39.0 Å². The highest BCUT2D eigenvalue weighted by atomic mass is 127. The number of halogens is 1. The lowest BCUT2D eigenvalue weighted by molar-refractivity contribution is -0.708. The molecular weight excluding hydrogens is 427 g/mol. The fourth-order valence-electron chi connectivity index (χ4n) is 3.25. The van der Waals surface area contributed by atoms with Crippen LogP contribution in [0.3, 0.4) is 0 Å². The Morgan fingerprint density at radius 2 is 1.75 bits per heavy atom. The van der Waals surface area contributed by atoms with Crippen LogP contribution in [0.5, 0.6) is 0 Å². The van der Waals surface area contributed by atoms with Crippen molar-refractivity contribution in [3.63, 3.8) is 0 Å². The smallest absolute Gasteiger partial charge is 0.179 e. The summed E-state index contributed by atoms with van der Waals surface area (Å²) in [5.41, 5.74) is 5.29. The van der Waals surface area contributed by atoms with E-state index in [4.69, 9.17) is 0 Å². The normalized spacial score (nSPS) is 14.7. The molecule has 2 heterocycles. The van der Waals surface area contributed by atoms with E-state index in [2.05, 4.69) is 79.6 Å². The quantitative estimate of drug-likeness (QED) is 0.517. The molecule has 0 unspecified atom stereocenters. The third-order valence-electron chi connectivity index (χ3n) is 4.29. The average Bonchev–Trinajstić information content (AvgIpc) is 2.88. The van der Waals surface area contributed by atoms with Crippen LogP contribution in [-0.4, -0.2) is 6.54 Å². The van der Waals surface area contributed by atoms with Gasteiger partial charge in [-0.05, 0) is 30.7 Å². The van der Waals surface area contributed by atoms with Gasteiger partial charge in [-0.25, -0.2) is 4.57 Å². The van der Waals surface area contributed by atoms with Crippen molar-refractivity contribution in [2.24, 2.45) is 0 Å². The van der Waals surface area contributed by atoms with Gasteiger partial charge in [-0.3, -0.25) is 0 Å². The minimum absolute atomic E-state index is 0. The Kier molecular flexibility index (Phi) is 6.75. The van der Waals surface area contributed by atoms with Gasteiger partial charge in [0.25, 0.3) is 0 Å². The number of para-hydroxylation sites is 1. The Hall–Kier alpha value is -1.01. The van der Waals surface area contributed by atoms with E-state index < -0.39 is 0 Å². The van der Waals surface area contributed by atoms with Crippen LogP contribution >= 0.6 is 11.8 Å². The van der Waals surface area contributed by atoms with Gasteiger partial charge in [0.15, 0.2) is 11.4 Å². The third-order valence-corrected chi connectivity index (χ3v) is 5.41. The van der Waals surface area contributed by atoms with Crippen LogP contribution in [0.2, 0.25) is 0 Å². The Labute approximate surface area is 167 Å². The first kappa shape index (κ1) is 19.3. The topological polar surface area (TPSA) is 7.12 Å². The second-order valence-electron chi connectivity index (χ2n) is 6.02. The minimum Gasteiger partial charge on any atom is -1.00 e. The van der Waals surface area contributed by atoms with Crippen LogP contribution in [0, 0.1) is 13.8 Å². The Morgan fingerprint density at radius 3 is 2.38 bits per heavy atom. The van der Waals surface area contributed by atoms with Crippen molar-refractivity contribution in [2.45, 2.75) is 45.6 Å². The van der Waals surface area contributed by atoms with Gasteiger partial charge >= 0.3 is 0 Å². The SMILES string of the molecule is CCC[n+]1c(C)cc(/C=C2\Sc3ccccc3N2CC)cc1C.[I-]. The fraction of sp³-hybridized carbons (Fsp3) is 0.350. The summed E-state index contributed by atoms with van der Waals surface area (Å²) in [6.07, 6.45) is 3.49. The van der Waals surface area contributed by atoms with Gasteiger partial charge in [0.1, 0.15) is 6.54 Å². The molecule has 24 heavy (non-hydrogen) atoms. The van der Waals surface area contributed by atoms with Crippen LogP contribution in [0.4, 0.5) is 5.69 Å². The number of pyridine rings is 1. The zero-order valence-electron chi connectivity index (χ0n) is 14.8. The monoisotopic (exact) mass is 452 g/mol. The second-order valence-corrected chi connectivity index (χ2v) is 7.08. The summed E-state index contributed by atoms with van der Waals surface area (Å²) in [7, 11) is 0. The first-order valence-corrected chi connectivity index (χ1v) is 9.23. The molecule has 0 saturated heterocycles. The molecule has 1 aromatic heterocycles. The van der Waals surface area contributed by atoms with Gasteiger partial charge < -0.3 is 28.9 Å². The summed E-state index contributed by atoms with van der Waals surface area (Å²) in [6, 6.07) is 13.3. The number of benzene rings is 1. The zero-order chi connectivity index (χ0) is 16.4. The van der Waals surface area contributed by atoms with Crippen molar-refractivity contribution >= 4 is 23.5 Å². The Bertz CT molecular complexity index is 732. The van der Waals surface area contributed by atoms with Crippen LogP contribution in [0.25, 0.3) is 6.08 Å². The van der Waals surface area contributed by atoms with Gasteiger partial charge in [-0.1, -0.05) is 30.8 Å². The van der Waals surface area contributed by atoms with Crippen molar-refractivity contribution in [3.05, 3.63) is 58.4 Å². The molecule has 3 rings (SSSR count). The summed E-state index contributed by atoms with van der Waals surface area (Å²) in [5.74, 6) is 0. The summed E-state index contributed by atoms with van der Waals surface area (Å²) in [6.45, 7) is 10.9. The van der Waals surface area contributed by atoms with Gasteiger partial charge in [-0.2, -0.15) is 0 Å². The van der Waals surface area contributed by atoms with Crippen LogP contribution in [-0.2, 0) is 6.54 Å². The summed E-state index contributed by atoms with van der Waals surface area (Å²) >= 11 is 1.87. The summed E-state index contributed by atoms with van der Waals surface area (Å²) in [5, 5.41) is 1.32. The molecule has 128 valence electrons. The standard InChI is InChI=1S/C20H25N2S.HI/c1-5-11-22-15(3)12-17(13-16(22)4)14-20-21(6-2)18-9-7-8-10-19(18)23-20;/h7-10,12-14H,5-6,11H2,1-4H3;1H/q+1;/p-1. The molecule has 0 fully saturated rings. The molecule has 2 aromatic rings. The number of fused-ring (bicyclic) bond motifs is 1. The van der Waals surface area contributed by atoms with Crippen molar-refractivity contribution in [1.82, 2.24) is 0 Å². The van der Waals surface area contributed by atoms with E-state index in [1.54, 1.807) is 0 Å². The molecular formula is C20H25IN2S. The van der Waals surface area contributed by atoms with Crippen molar-refractivity contribution < 1.29 is 28.5 Å². The molecule has 0 radical (unpaired) electrons. The second kappa shape index (κ2) is 8.39. The number of anilines is 1. The molecule has 4 heteroatoms. The number of hydrogen-bond donors (Lipinski definition) is 0. The predicted molar refractivity (Wildman–Crippen MR) is 99.7 cm³/mol. The summed E-state index contributed by atoms with van der Waals surface area (Å²) < 4.78 is 2.40. The Morgan fingerprint density at radius 1 is 1.08 bits per heavy atom. The number of rotatable bonds is 4. The molecule has 2 nitrogen and oxygen atoms in total. The van der Waals surface area contributed by atoms with E-state index >= 15 is 0 Å². The van der Waals surface area contributed by atoms with Crippen molar-refractivity contribution in [1.29, 1.82) is 0 Å². The highest BCUT2D eigenvalue weighted by Crippen LogP contribution is 2.46. The number of aromatic nitrogens is 1. The lowest BCUT2D eigenvalue weighted by atomic mass is 10.1. The molecule has 1 aliphatic heterocycles. The number of nitrogens with zero attached hydrogens (tertiary/aromatic N) is 2. The molecule has 0 bridgehead atoms. The fourth-order valence-corrected chi connectivity index (χ4v) is 4.43.